The molecule has 150 valence electrons. The third kappa shape index (κ3) is 4.54. The van der Waals surface area contributed by atoms with Gasteiger partial charge in [-0.2, -0.15) is 0 Å². The number of nitrogens with zero attached hydrogens (tertiary/aromatic N) is 1. The molecule has 12 heteroatoms. The average Bonchev–Trinajstić information content (AvgIpc) is 3.15. The zero-order chi connectivity index (χ0) is 20.5. The van der Waals surface area contributed by atoms with Gasteiger partial charge < -0.3 is 24.7 Å². The number of carboxylic acid groups (broad SMARTS) is 1. The number of hydrogen-bond donors (Lipinski definition) is 1. The molecule has 0 aliphatic carbocycles. The first kappa shape index (κ1) is 23.9. The van der Waals surface area contributed by atoms with Crippen molar-refractivity contribution in [3.05, 3.63) is 33.7 Å². The van der Waals surface area contributed by atoms with Gasteiger partial charge in [0.2, 0.25) is 5.91 Å². The quantitative estimate of drug-likeness (QED) is 0.195. The molecule has 0 aromatic carbocycles. The number of carboxylic acids is 1. The number of carbonyl (C=O) groups excluding carboxylic acids is 4. The summed E-state index contributed by atoms with van der Waals surface area (Å²) in [6, 6.07) is 3.61. The molecule has 1 fully saturated rings. The summed E-state index contributed by atoms with van der Waals surface area (Å²) in [6.45, 7) is 0.943. The summed E-state index contributed by atoms with van der Waals surface area (Å²) >= 11 is 2.62. The van der Waals surface area contributed by atoms with Gasteiger partial charge in [-0.05, 0) is 11.4 Å². The van der Waals surface area contributed by atoms with Crippen LogP contribution in [0, 0.1) is 0 Å². The maximum absolute atomic E-state index is 12.8. The second-order valence-electron chi connectivity index (χ2n) is 6.10. The maximum Gasteiger partial charge on any atom is 1.00 e. The molecule has 1 aromatic heterocycles. The van der Waals surface area contributed by atoms with Crippen molar-refractivity contribution in [1.82, 2.24) is 10.2 Å². The predicted octanol–water partition coefficient (Wildman–Crippen LogP) is -3.76. The summed E-state index contributed by atoms with van der Waals surface area (Å²) < 4.78 is 10.2. The molecule has 1 unspecified atom stereocenters. The molecule has 2 aliphatic rings. The Morgan fingerprint density at radius 2 is 2.14 bits per heavy atom. The van der Waals surface area contributed by atoms with Gasteiger partial charge in [0.25, 0.3) is 11.6 Å². The van der Waals surface area contributed by atoms with Crippen molar-refractivity contribution >= 4 is 46.9 Å². The molecule has 3 heterocycles. The normalized spacial score (nSPS) is 22.9. The van der Waals surface area contributed by atoms with Crippen molar-refractivity contribution in [3.8, 4) is 0 Å². The molecule has 2 atom stereocenters. The van der Waals surface area contributed by atoms with E-state index in [1.807, 2.05) is 11.4 Å². The molecule has 0 spiro atoms. The molecule has 0 saturated carbocycles. The average molecular weight is 448 g/mol. The first-order valence-electron chi connectivity index (χ1n) is 8.20. The van der Waals surface area contributed by atoms with Crippen molar-refractivity contribution < 1.29 is 63.3 Å². The number of ether oxygens (including phenoxy) is 2. The first-order valence-corrected chi connectivity index (χ1v) is 10.1. The molecule has 2 amide bonds. The number of β-lactam (4-membered cyclic amide) rings is 1. The Kier molecular flexibility index (Phi) is 7.93. The Bertz CT molecular complexity index is 858. The molecule has 0 radical (unpaired) electrons. The molecular formula is C17H17N2NaO7S2. The van der Waals surface area contributed by atoms with E-state index < -0.39 is 34.9 Å². The van der Waals surface area contributed by atoms with Crippen LogP contribution in [0.15, 0.2) is 28.8 Å². The minimum atomic E-state index is -1.66. The van der Waals surface area contributed by atoms with Crippen molar-refractivity contribution in [2.45, 2.75) is 24.4 Å². The van der Waals surface area contributed by atoms with Gasteiger partial charge in [0.15, 0.2) is 0 Å². The van der Waals surface area contributed by atoms with E-state index in [1.165, 1.54) is 37.1 Å². The van der Waals surface area contributed by atoms with E-state index in [2.05, 4.69) is 5.32 Å². The van der Waals surface area contributed by atoms with Crippen molar-refractivity contribution in [1.29, 1.82) is 0 Å². The molecule has 1 saturated heterocycles. The van der Waals surface area contributed by atoms with Crippen LogP contribution in [0.2, 0.25) is 0 Å². The van der Waals surface area contributed by atoms with E-state index in [1.54, 1.807) is 6.07 Å². The van der Waals surface area contributed by atoms with Gasteiger partial charge in [0.1, 0.15) is 12.0 Å². The van der Waals surface area contributed by atoms with Gasteiger partial charge >= 0.3 is 35.5 Å². The number of fused-ring (bicyclic) bond motifs is 1. The fourth-order valence-electron chi connectivity index (χ4n) is 3.05. The number of thiophene rings is 1. The number of hydrogen-bond acceptors (Lipinski definition) is 9. The minimum absolute atomic E-state index is 0. The largest absolute Gasteiger partial charge is 1.00 e. The Labute approximate surface area is 197 Å². The SMILES string of the molecule is COC1(NC(=O)Cc2cccs2)C(=O)N2C(C(=O)[O-])=C(COC(C)=O)CS[C@@H]21.[Na+]. The number of methoxy groups -OCH3 is 1. The fourth-order valence-corrected chi connectivity index (χ4v) is 5.18. The van der Waals surface area contributed by atoms with E-state index in [4.69, 9.17) is 9.47 Å². The van der Waals surface area contributed by atoms with Gasteiger partial charge in [-0.3, -0.25) is 19.3 Å². The Morgan fingerprint density at radius 3 is 2.69 bits per heavy atom. The molecule has 9 nitrogen and oxygen atoms in total. The van der Waals surface area contributed by atoms with E-state index >= 15 is 0 Å². The van der Waals surface area contributed by atoms with Crippen molar-refractivity contribution in [3.63, 3.8) is 0 Å². The second-order valence-corrected chi connectivity index (χ2v) is 8.20. The number of rotatable bonds is 7. The number of esters is 1. The summed E-state index contributed by atoms with van der Waals surface area (Å²) in [4.78, 5) is 49.7. The summed E-state index contributed by atoms with van der Waals surface area (Å²) in [5.74, 6) is -3.08. The Morgan fingerprint density at radius 1 is 1.41 bits per heavy atom. The Balaban J connectivity index is 0.00000300. The predicted molar refractivity (Wildman–Crippen MR) is 97.7 cm³/mol. The zero-order valence-electron chi connectivity index (χ0n) is 16.1. The number of aliphatic carboxylic acids is 1. The molecule has 1 aromatic rings. The van der Waals surface area contributed by atoms with Gasteiger partial charge in [0, 0.05) is 30.2 Å². The number of amides is 2. The van der Waals surface area contributed by atoms with Crippen LogP contribution in [-0.2, 0) is 35.1 Å². The third-order valence-electron chi connectivity index (χ3n) is 4.32. The number of nitrogens with one attached hydrogen (secondary N) is 1. The van der Waals surface area contributed by atoms with Gasteiger partial charge in [-0.1, -0.05) is 6.07 Å². The van der Waals surface area contributed by atoms with Gasteiger partial charge in [0.05, 0.1) is 18.1 Å². The molecule has 29 heavy (non-hydrogen) atoms. The van der Waals surface area contributed by atoms with Crippen LogP contribution in [-0.4, -0.2) is 59.2 Å². The van der Waals surface area contributed by atoms with E-state index in [0.717, 1.165) is 9.78 Å². The van der Waals surface area contributed by atoms with Crippen LogP contribution in [0.25, 0.3) is 0 Å². The minimum Gasteiger partial charge on any atom is -0.543 e. The molecule has 2 aliphatic heterocycles. The van der Waals surface area contributed by atoms with Crippen LogP contribution in [0.4, 0.5) is 0 Å². The number of thioether (sulfide) groups is 1. The summed E-state index contributed by atoms with van der Waals surface area (Å²) in [7, 11) is 1.28. The molecule has 3 rings (SSSR count). The van der Waals surface area contributed by atoms with E-state index in [-0.39, 0.29) is 59.6 Å². The summed E-state index contributed by atoms with van der Waals surface area (Å²) in [6.07, 6.45) is 0.0777. The molecular weight excluding hydrogens is 431 g/mol. The first-order chi connectivity index (χ1) is 13.3. The molecule has 0 bridgehead atoms. The summed E-state index contributed by atoms with van der Waals surface area (Å²) in [5, 5.41) is 15.3. The number of carbonyl (C=O) groups is 4. The van der Waals surface area contributed by atoms with Crippen LogP contribution in [0.1, 0.15) is 11.8 Å². The van der Waals surface area contributed by atoms with Gasteiger partial charge in [-0.15, -0.1) is 23.1 Å². The summed E-state index contributed by atoms with van der Waals surface area (Å²) in [5.41, 5.74) is -1.76. The smallest absolute Gasteiger partial charge is 0.543 e. The Hall–Kier alpha value is -1.37. The monoisotopic (exact) mass is 448 g/mol. The van der Waals surface area contributed by atoms with Crippen molar-refractivity contribution in [2.24, 2.45) is 0 Å². The second kappa shape index (κ2) is 9.63. The molecule has 1 N–H and O–H groups in total. The fraction of sp³-hybridized carbons (Fsp3) is 0.412. The van der Waals surface area contributed by atoms with Crippen LogP contribution in [0.3, 0.4) is 0 Å². The topological polar surface area (TPSA) is 125 Å². The van der Waals surface area contributed by atoms with E-state index in [0.29, 0.717) is 0 Å². The maximum atomic E-state index is 12.8. The third-order valence-corrected chi connectivity index (χ3v) is 6.57. The van der Waals surface area contributed by atoms with Crippen LogP contribution in [0.5, 0.6) is 0 Å². The standard InChI is InChI=1S/C17H18N2O7S2.Na/c1-9(20)26-7-10-8-28-16-17(25-2,15(24)19(16)13(10)14(22)23)18-12(21)6-11-4-3-5-27-11;/h3-5,16H,6-8H2,1-2H3,(H,18,21)(H,22,23);/q;+1/p-1/t16-,17?;/m1./s1. The van der Waals surface area contributed by atoms with Crippen LogP contribution < -0.4 is 40.0 Å². The van der Waals surface area contributed by atoms with Crippen LogP contribution >= 0.6 is 23.1 Å². The zero-order valence-corrected chi connectivity index (χ0v) is 19.7. The van der Waals surface area contributed by atoms with Gasteiger partial charge in [-0.25, -0.2) is 0 Å². The van der Waals surface area contributed by atoms with E-state index in [9.17, 15) is 24.3 Å². The van der Waals surface area contributed by atoms with Crippen molar-refractivity contribution in [2.75, 3.05) is 19.5 Å².